The van der Waals surface area contributed by atoms with Gasteiger partial charge in [-0.1, -0.05) is 18.2 Å². The third kappa shape index (κ3) is 3.00. The van der Waals surface area contributed by atoms with Crippen molar-refractivity contribution in [2.45, 2.75) is 18.9 Å². The number of fused-ring (bicyclic) bond motifs is 1. The number of thiophene rings is 1. The first-order chi connectivity index (χ1) is 11.3. The van der Waals surface area contributed by atoms with Crippen LogP contribution < -0.4 is 10.2 Å². The summed E-state index contributed by atoms with van der Waals surface area (Å²) in [5.41, 5.74) is 1.98. The smallest absolute Gasteiger partial charge is 0.227 e. The third-order valence-electron chi connectivity index (χ3n) is 4.08. The van der Waals surface area contributed by atoms with Crippen LogP contribution in [0.15, 0.2) is 41.8 Å². The van der Waals surface area contributed by atoms with E-state index in [9.17, 15) is 5.11 Å². The molecule has 0 atom stereocenters. The van der Waals surface area contributed by atoms with Crippen molar-refractivity contribution in [2.24, 2.45) is 0 Å². The fourth-order valence-corrected chi connectivity index (χ4v) is 3.58. The fourth-order valence-electron chi connectivity index (χ4n) is 2.80. The summed E-state index contributed by atoms with van der Waals surface area (Å²) in [5, 5.41) is 15.1. The van der Waals surface area contributed by atoms with Crippen LogP contribution in [0.1, 0.15) is 12.8 Å². The minimum Gasteiger partial charge on any atom is -0.393 e. The molecule has 1 aliphatic heterocycles. The Morgan fingerprint density at radius 1 is 1.09 bits per heavy atom. The van der Waals surface area contributed by atoms with Crippen LogP contribution in [0.4, 0.5) is 17.5 Å². The molecule has 0 unspecified atom stereocenters. The number of rotatable bonds is 3. The van der Waals surface area contributed by atoms with Crippen molar-refractivity contribution in [3.05, 3.63) is 41.8 Å². The molecule has 0 spiro atoms. The summed E-state index contributed by atoms with van der Waals surface area (Å²) < 4.78 is 1.06. The van der Waals surface area contributed by atoms with Gasteiger partial charge in [-0.15, -0.1) is 11.3 Å². The minimum absolute atomic E-state index is 0.196. The molecular weight excluding hydrogens is 308 g/mol. The number of hydrogen-bond acceptors (Lipinski definition) is 6. The molecule has 3 heterocycles. The molecule has 3 aromatic rings. The van der Waals surface area contributed by atoms with Crippen LogP contribution in [0, 0.1) is 0 Å². The average molecular weight is 326 g/mol. The maximum Gasteiger partial charge on any atom is 0.227 e. The Balaban J connectivity index is 1.70. The molecule has 1 aliphatic rings. The van der Waals surface area contributed by atoms with Gasteiger partial charge in [-0.25, -0.2) is 4.98 Å². The molecule has 1 aromatic carbocycles. The van der Waals surface area contributed by atoms with Gasteiger partial charge in [-0.3, -0.25) is 0 Å². The number of benzene rings is 1. The number of hydrogen-bond donors (Lipinski definition) is 2. The van der Waals surface area contributed by atoms with E-state index in [2.05, 4.69) is 15.2 Å². The molecule has 0 aliphatic carbocycles. The van der Waals surface area contributed by atoms with E-state index in [0.717, 1.165) is 53.6 Å². The molecule has 0 amide bonds. The molecule has 1 fully saturated rings. The zero-order chi connectivity index (χ0) is 15.6. The van der Waals surface area contributed by atoms with E-state index in [1.807, 2.05) is 41.8 Å². The lowest BCUT2D eigenvalue weighted by Gasteiger charge is -2.29. The molecular formula is C17H18N4OS. The van der Waals surface area contributed by atoms with E-state index in [1.165, 1.54) is 0 Å². The Labute approximate surface area is 138 Å². The largest absolute Gasteiger partial charge is 0.393 e. The van der Waals surface area contributed by atoms with Gasteiger partial charge in [0, 0.05) is 18.8 Å². The van der Waals surface area contributed by atoms with Gasteiger partial charge in [0.2, 0.25) is 5.95 Å². The first kappa shape index (κ1) is 14.4. The van der Waals surface area contributed by atoms with Gasteiger partial charge in [0.05, 0.1) is 16.3 Å². The van der Waals surface area contributed by atoms with Gasteiger partial charge < -0.3 is 15.3 Å². The van der Waals surface area contributed by atoms with Gasteiger partial charge in [-0.2, -0.15) is 4.98 Å². The molecule has 4 rings (SSSR count). The van der Waals surface area contributed by atoms with Crippen molar-refractivity contribution in [3.8, 4) is 0 Å². The second-order valence-electron chi connectivity index (χ2n) is 5.72. The molecule has 0 saturated carbocycles. The summed E-state index contributed by atoms with van der Waals surface area (Å²) in [6.07, 6.45) is 1.34. The molecule has 0 bridgehead atoms. The summed E-state index contributed by atoms with van der Waals surface area (Å²) in [7, 11) is 0. The van der Waals surface area contributed by atoms with E-state index in [1.54, 1.807) is 11.3 Å². The van der Waals surface area contributed by atoms with Crippen LogP contribution >= 0.6 is 11.3 Å². The lowest BCUT2D eigenvalue weighted by atomic mass is 10.1. The average Bonchev–Trinajstić information content (AvgIpc) is 3.05. The number of para-hydroxylation sites is 1. The quantitative estimate of drug-likeness (QED) is 0.772. The minimum atomic E-state index is -0.196. The van der Waals surface area contributed by atoms with Crippen LogP contribution in [0.25, 0.3) is 10.2 Å². The van der Waals surface area contributed by atoms with Crippen molar-refractivity contribution in [1.29, 1.82) is 0 Å². The van der Waals surface area contributed by atoms with Crippen LogP contribution in [-0.4, -0.2) is 34.3 Å². The summed E-state index contributed by atoms with van der Waals surface area (Å²) in [6, 6.07) is 12.1. The van der Waals surface area contributed by atoms with Crippen molar-refractivity contribution in [2.75, 3.05) is 23.3 Å². The van der Waals surface area contributed by atoms with E-state index in [-0.39, 0.29) is 6.10 Å². The molecule has 2 aromatic heterocycles. The Morgan fingerprint density at radius 2 is 1.87 bits per heavy atom. The Hall–Kier alpha value is -2.18. The van der Waals surface area contributed by atoms with Gasteiger partial charge in [0.1, 0.15) is 0 Å². The van der Waals surface area contributed by atoms with Crippen molar-refractivity contribution < 1.29 is 5.11 Å². The number of nitrogens with one attached hydrogen (secondary N) is 1. The summed E-state index contributed by atoms with van der Waals surface area (Å²) >= 11 is 1.64. The highest BCUT2D eigenvalue weighted by Crippen LogP contribution is 2.31. The van der Waals surface area contributed by atoms with Crippen LogP contribution in [0.5, 0.6) is 0 Å². The van der Waals surface area contributed by atoms with Gasteiger partial charge in [-0.05, 0) is 36.4 Å². The monoisotopic (exact) mass is 326 g/mol. The first-order valence-electron chi connectivity index (χ1n) is 7.80. The highest BCUT2D eigenvalue weighted by molar-refractivity contribution is 7.17. The van der Waals surface area contributed by atoms with E-state index >= 15 is 0 Å². The van der Waals surface area contributed by atoms with Crippen molar-refractivity contribution >= 4 is 39.0 Å². The van der Waals surface area contributed by atoms with Gasteiger partial charge in [0.25, 0.3) is 0 Å². The summed E-state index contributed by atoms with van der Waals surface area (Å²) in [4.78, 5) is 11.6. The first-order valence-corrected chi connectivity index (χ1v) is 8.68. The normalized spacial score (nSPS) is 16.0. The molecule has 0 radical (unpaired) electrons. The second-order valence-corrected chi connectivity index (χ2v) is 6.63. The molecule has 6 heteroatoms. The van der Waals surface area contributed by atoms with E-state index < -0.39 is 0 Å². The number of aliphatic hydroxyl groups excluding tert-OH is 1. The summed E-state index contributed by atoms with van der Waals surface area (Å²) in [5.74, 6) is 1.58. The number of piperidine rings is 1. The second kappa shape index (κ2) is 6.14. The Morgan fingerprint density at radius 3 is 2.65 bits per heavy atom. The highest BCUT2D eigenvalue weighted by atomic mass is 32.1. The lowest BCUT2D eigenvalue weighted by molar-refractivity contribution is 0.145. The molecule has 5 nitrogen and oxygen atoms in total. The van der Waals surface area contributed by atoms with Gasteiger partial charge in [0.15, 0.2) is 5.82 Å². The molecule has 23 heavy (non-hydrogen) atoms. The van der Waals surface area contributed by atoms with E-state index in [4.69, 9.17) is 4.98 Å². The number of nitrogens with zero attached hydrogens (tertiary/aromatic N) is 3. The molecule has 2 N–H and O–H groups in total. The molecule has 1 saturated heterocycles. The van der Waals surface area contributed by atoms with Crippen molar-refractivity contribution in [1.82, 2.24) is 9.97 Å². The predicted octanol–water partition coefficient (Wildman–Crippen LogP) is 3.40. The predicted molar refractivity (Wildman–Crippen MR) is 94.6 cm³/mol. The number of aromatic nitrogens is 2. The fraction of sp³-hybridized carbons (Fsp3) is 0.294. The summed E-state index contributed by atoms with van der Waals surface area (Å²) in [6.45, 7) is 1.59. The number of aliphatic hydroxyl groups is 1. The SMILES string of the molecule is OC1CCN(c2nc(Nc3ccccc3)c3sccc3n2)CC1. The van der Waals surface area contributed by atoms with Crippen LogP contribution in [0.2, 0.25) is 0 Å². The third-order valence-corrected chi connectivity index (χ3v) is 4.99. The highest BCUT2D eigenvalue weighted by Gasteiger charge is 2.20. The topological polar surface area (TPSA) is 61.3 Å². The molecule has 118 valence electrons. The zero-order valence-electron chi connectivity index (χ0n) is 12.6. The van der Waals surface area contributed by atoms with E-state index in [0.29, 0.717) is 0 Å². The number of anilines is 3. The van der Waals surface area contributed by atoms with Gasteiger partial charge >= 0.3 is 0 Å². The Kier molecular flexibility index (Phi) is 3.85. The Bertz CT molecular complexity index is 797. The standard InChI is InChI=1S/C17H18N4OS/c22-13-6-9-21(10-7-13)17-19-14-8-11-23-15(14)16(20-17)18-12-4-2-1-3-5-12/h1-5,8,11,13,22H,6-7,9-10H2,(H,18,19,20). The maximum absolute atomic E-state index is 9.68. The van der Waals surface area contributed by atoms with Crippen LogP contribution in [0.3, 0.4) is 0 Å². The van der Waals surface area contributed by atoms with Crippen LogP contribution in [-0.2, 0) is 0 Å². The van der Waals surface area contributed by atoms with Crippen molar-refractivity contribution in [3.63, 3.8) is 0 Å². The maximum atomic E-state index is 9.68. The lowest BCUT2D eigenvalue weighted by Crippen LogP contribution is -2.36. The zero-order valence-corrected chi connectivity index (χ0v) is 13.5.